The Morgan fingerprint density at radius 2 is 2.16 bits per heavy atom. The summed E-state index contributed by atoms with van der Waals surface area (Å²) in [5, 5.41) is 11.0. The summed E-state index contributed by atoms with van der Waals surface area (Å²) >= 11 is 0. The van der Waals surface area contributed by atoms with E-state index < -0.39 is 5.60 Å². The van der Waals surface area contributed by atoms with Crippen molar-refractivity contribution in [3.05, 3.63) is 29.8 Å². The second-order valence-corrected chi connectivity index (χ2v) is 6.48. The van der Waals surface area contributed by atoms with Gasteiger partial charge in [-0.05, 0) is 37.3 Å². The maximum Gasteiger partial charge on any atom is 0.122 e. The van der Waals surface area contributed by atoms with Gasteiger partial charge >= 0.3 is 0 Å². The SMILES string of the molecule is CC(O)(CC1CC1)C1(CN)COc2ccccc2C1. The fraction of sp³-hybridized carbons (Fsp3) is 0.625. The standard InChI is InChI=1S/C16H23NO2/c1-15(18,8-12-6-7-12)16(10-17)9-13-4-2-3-5-14(13)19-11-16/h2-5,12,18H,6-11,17H2,1H3. The fourth-order valence-electron chi connectivity index (χ4n) is 3.22. The van der Waals surface area contributed by atoms with Crippen LogP contribution in [0.5, 0.6) is 5.75 Å². The quantitative estimate of drug-likeness (QED) is 0.873. The first kappa shape index (κ1) is 12.9. The highest BCUT2D eigenvalue weighted by Crippen LogP contribution is 2.47. The number of nitrogens with two attached hydrogens (primary N) is 1. The zero-order valence-electron chi connectivity index (χ0n) is 11.6. The summed E-state index contributed by atoms with van der Waals surface area (Å²) < 4.78 is 5.88. The second kappa shape index (κ2) is 4.50. The van der Waals surface area contributed by atoms with E-state index in [0.29, 0.717) is 19.1 Å². The van der Waals surface area contributed by atoms with E-state index in [0.717, 1.165) is 24.2 Å². The molecule has 1 aliphatic heterocycles. The van der Waals surface area contributed by atoms with E-state index in [-0.39, 0.29) is 5.41 Å². The van der Waals surface area contributed by atoms with Crippen LogP contribution in [0.25, 0.3) is 0 Å². The zero-order chi connectivity index (χ0) is 13.5. The van der Waals surface area contributed by atoms with Gasteiger partial charge in [-0.25, -0.2) is 0 Å². The molecule has 0 bridgehead atoms. The van der Waals surface area contributed by atoms with E-state index in [9.17, 15) is 5.11 Å². The van der Waals surface area contributed by atoms with Gasteiger partial charge in [-0.1, -0.05) is 31.0 Å². The maximum absolute atomic E-state index is 11.0. The van der Waals surface area contributed by atoms with Gasteiger partial charge in [0.1, 0.15) is 5.75 Å². The Hall–Kier alpha value is -1.06. The molecule has 0 spiro atoms. The van der Waals surface area contributed by atoms with E-state index in [2.05, 4.69) is 6.07 Å². The van der Waals surface area contributed by atoms with Crippen molar-refractivity contribution >= 4 is 0 Å². The van der Waals surface area contributed by atoms with Gasteiger partial charge in [0.05, 0.1) is 12.2 Å². The highest BCUT2D eigenvalue weighted by atomic mass is 16.5. The van der Waals surface area contributed by atoms with Gasteiger partial charge in [0, 0.05) is 12.0 Å². The minimum atomic E-state index is -0.754. The van der Waals surface area contributed by atoms with Gasteiger partial charge in [-0.15, -0.1) is 0 Å². The normalized spacial score (nSPS) is 29.2. The number of aliphatic hydroxyl groups is 1. The molecule has 0 saturated heterocycles. The molecule has 3 rings (SSSR count). The lowest BCUT2D eigenvalue weighted by Crippen LogP contribution is -2.57. The van der Waals surface area contributed by atoms with Crippen LogP contribution in [0, 0.1) is 11.3 Å². The van der Waals surface area contributed by atoms with Gasteiger partial charge < -0.3 is 15.6 Å². The van der Waals surface area contributed by atoms with Crippen molar-refractivity contribution in [1.29, 1.82) is 0 Å². The number of fused-ring (bicyclic) bond motifs is 1. The van der Waals surface area contributed by atoms with Crippen molar-refractivity contribution in [2.45, 2.75) is 38.2 Å². The zero-order valence-corrected chi connectivity index (χ0v) is 11.6. The predicted octanol–water partition coefficient (Wildman–Crippen LogP) is 2.12. The molecule has 2 aliphatic rings. The lowest BCUT2D eigenvalue weighted by molar-refractivity contribution is -0.102. The predicted molar refractivity (Wildman–Crippen MR) is 75.1 cm³/mol. The van der Waals surface area contributed by atoms with Crippen molar-refractivity contribution in [1.82, 2.24) is 0 Å². The van der Waals surface area contributed by atoms with Crippen LogP contribution in [-0.2, 0) is 6.42 Å². The number of hydrogen-bond acceptors (Lipinski definition) is 3. The Morgan fingerprint density at radius 1 is 1.42 bits per heavy atom. The Kier molecular flexibility index (Phi) is 3.06. The Labute approximate surface area is 114 Å². The molecule has 19 heavy (non-hydrogen) atoms. The molecule has 3 nitrogen and oxygen atoms in total. The lowest BCUT2D eigenvalue weighted by Gasteiger charge is -2.47. The third-order valence-corrected chi connectivity index (χ3v) is 4.92. The van der Waals surface area contributed by atoms with Crippen LogP contribution in [0.1, 0.15) is 31.7 Å². The average Bonchev–Trinajstić information content (AvgIpc) is 3.21. The van der Waals surface area contributed by atoms with Crippen LogP contribution in [0.4, 0.5) is 0 Å². The van der Waals surface area contributed by atoms with E-state index in [1.54, 1.807) is 0 Å². The minimum Gasteiger partial charge on any atom is -0.493 e. The molecule has 3 heteroatoms. The first-order chi connectivity index (χ1) is 9.06. The molecule has 0 radical (unpaired) electrons. The molecule has 1 aromatic rings. The molecule has 0 aromatic heterocycles. The van der Waals surface area contributed by atoms with Crippen molar-refractivity contribution in [2.24, 2.45) is 17.1 Å². The summed E-state index contributed by atoms with van der Waals surface area (Å²) in [6.07, 6.45) is 4.14. The first-order valence-corrected chi connectivity index (χ1v) is 7.19. The summed E-state index contributed by atoms with van der Waals surface area (Å²) in [5.41, 5.74) is 6.09. The number of para-hydroxylation sites is 1. The van der Waals surface area contributed by atoms with Gasteiger partial charge in [0.25, 0.3) is 0 Å². The molecule has 1 aliphatic carbocycles. The summed E-state index contributed by atoms with van der Waals surface area (Å²) in [7, 11) is 0. The fourth-order valence-corrected chi connectivity index (χ4v) is 3.22. The molecule has 3 N–H and O–H groups in total. The van der Waals surface area contributed by atoms with Crippen molar-refractivity contribution in [3.8, 4) is 5.75 Å². The smallest absolute Gasteiger partial charge is 0.122 e. The molecule has 2 unspecified atom stereocenters. The van der Waals surface area contributed by atoms with Gasteiger partial charge in [-0.3, -0.25) is 0 Å². The lowest BCUT2D eigenvalue weighted by atomic mass is 9.66. The van der Waals surface area contributed by atoms with Gasteiger partial charge in [0.15, 0.2) is 0 Å². The van der Waals surface area contributed by atoms with Crippen LogP contribution >= 0.6 is 0 Å². The molecule has 1 aromatic carbocycles. The minimum absolute atomic E-state index is 0.357. The van der Waals surface area contributed by atoms with E-state index in [1.807, 2.05) is 25.1 Å². The third-order valence-electron chi connectivity index (χ3n) is 4.92. The number of hydrogen-bond donors (Lipinski definition) is 2. The molecule has 104 valence electrons. The molecular weight excluding hydrogens is 238 g/mol. The van der Waals surface area contributed by atoms with Crippen LogP contribution in [0.3, 0.4) is 0 Å². The second-order valence-electron chi connectivity index (χ2n) is 6.48. The summed E-state index contributed by atoms with van der Waals surface area (Å²) in [6.45, 7) is 2.91. The van der Waals surface area contributed by atoms with E-state index >= 15 is 0 Å². The molecule has 1 saturated carbocycles. The Bertz CT molecular complexity index is 468. The topological polar surface area (TPSA) is 55.5 Å². The van der Waals surface area contributed by atoms with Crippen LogP contribution in [0.15, 0.2) is 24.3 Å². The Morgan fingerprint density at radius 3 is 2.84 bits per heavy atom. The third kappa shape index (κ3) is 2.26. The summed E-state index contributed by atoms with van der Waals surface area (Å²) in [5.74, 6) is 1.62. The highest BCUT2D eigenvalue weighted by molar-refractivity contribution is 5.37. The number of benzene rings is 1. The molecule has 0 amide bonds. The molecular formula is C16H23NO2. The van der Waals surface area contributed by atoms with Gasteiger partial charge in [-0.2, -0.15) is 0 Å². The van der Waals surface area contributed by atoms with Crippen molar-refractivity contribution in [3.63, 3.8) is 0 Å². The van der Waals surface area contributed by atoms with Crippen LogP contribution in [0.2, 0.25) is 0 Å². The number of rotatable bonds is 4. The highest BCUT2D eigenvalue weighted by Gasteiger charge is 2.50. The van der Waals surface area contributed by atoms with Gasteiger partial charge in [0.2, 0.25) is 0 Å². The molecule has 1 fully saturated rings. The number of ether oxygens (including phenoxy) is 1. The van der Waals surface area contributed by atoms with Crippen molar-refractivity contribution in [2.75, 3.05) is 13.2 Å². The van der Waals surface area contributed by atoms with E-state index in [4.69, 9.17) is 10.5 Å². The Balaban J connectivity index is 1.88. The summed E-state index contributed by atoms with van der Waals surface area (Å²) in [4.78, 5) is 0. The van der Waals surface area contributed by atoms with E-state index in [1.165, 1.54) is 12.8 Å². The van der Waals surface area contributed by atoms with Crippen LogP contribution < -0.4 is 10.5 Å². The maximum atomic E-state index is 11.0. The van der Waals surface area contributed by atoms with Crippen molar-refractivity contribution < 1.29 is 9.84 Å². The monoisotopic (exact) mass is 261 g/mol. The average molecular weight is 261 g/mol. The molecule has 1 heterocycles. The largest absolute Gasteiger partial charge is 0.493 e. The molecule has 2 atom stereocenters. The summed E-state index contributed by atoms with van der Waals surface area (Å²) in [6, 6.07) is 8.07. The first-order valence-electron chi connectivity index (χ1n) is 7.19. The van der Waals surface area contributed by atoms with Crippen LogP contribution in [-0.4, -0.2) is 23.9 Å².